The molecule has 0 spiro atoms. The number of carbonyl (C=O) groups is 4. The predicted molar refractivity (Wildman–Crippen MR) is 110 cm³/mol. The summed E-state index contributed by atoms with van der Waals surface area (Å²) >= 11 is 0. The van der Waals surface area contributed by atoms with Crippen molar-refractivity contribution >= 4 is 23.7 Å². The molecule has 0 saturated carbocycles. The van der Waals surface area contributed by atoms with Crippen molar-refractivity contribution in [2.24, 2.45) is 11.0 Å². The van der Waals surface area contributed by atoms with Crippen LogP contribution in [0.25, 0.3) is 10.4 Å². The van der Waals surface area contributed by atoms with Crippen molar-refractivity contribution in [2.75, 3.05) is 39.5 Å². The first-order valence-electron chi connectivity index (χ1n) is 9.90. The molecule has 3 amide bonds. The van der Waals surface area contributed by atoms with Crippen LogP contribution < -0.4 is 16.0 Å². The summed E-state index contributed by atoms with van der Waals surface area (Å²) in [5.41, 5.74) is 8.11. The average Bonchev–Trinajstić information content (AvgIpc) is 2.67. The monoisotopic (exact) mass is 444 g/mol. The SMILES string of the molecule is CC(=O)N[C@@H](CC(C)C)C(=O)N[C@@H](CC(=O)O)C(=O)NCCOCCOCCN=[N+]=[N-]. The van der Waals surface area contributed by atoms with Crippen LogP contribution in [0.4, 0.5) is 0 Å². The molecule has 4 N–H and O–H groups in total. The third-order valence-corrected chi connectivity index (χ3v) is 3.73. The minimum absolute atomic E-state index is 0.0922. The molecule has 0 aliphatic heterocycles. The zero-order valence-corrected chi connectivity index (χ0v) is 18.1. The molecule has 0 radical (unpaired) electrons. The van der Waals surface area contributed by atoms with Gasteiger partial charge in [0.2, 0.25) is 17.7 Å². The van der Waals surface area contributed by atoms with E-state index < -0.39 is 42.2 Å². The Morgan fingerprint density at radius 1 is 1.00 bits per heavy atom. The highest BCUT2D eigenvalue weighted by Crippen LogP contribution is 2.06. The van der Waals surface area contributed by atoms with Gasteiger partial charge < -0.3 is 30.5 Å². The maximum Gasteiger partial charge on any atom is 0.305 e. The van der Waals surface area contributed by atoms with Crippen molar-refractivity contribution in [1.82, 2.24) is 16.0 Å². The Morgan fingerprint density at radius 3 is 2.19 bits per heavy atom. The summed E-state index contributed by atoms with van der Waals surface area (Å²) in [5, 5.41) is 19.8. The second kappa shape index (κ2) is 16.9. The molecule has 0 fully saturated rings. The zero-order chi connectivity index (χ0) is 23.6. The highest BCUT2D eigenvalue weighted by Gasteiger charge is 2.28. The van der Waals surface area contributed by atoms with Crippen LogP contribution in [0.15, 0.2) is 5.11 Å². The molecule has 0 heterocycles. The molecule has 2 atom stereocenters. The third-order valence-electron chi connectivity index (χ3n) is 3.73. The van der Waals surface area contributed by atoms with E-state index in [1.54, 1.807) is 0 Å². The van der Waals surface area contributed by atoms with Gasteiger partial charge in [0.15, 0.2) is 0 Å². The van der Waals surface area contributed by atoms with Gasteiger partial charge in [0.1, 0.15) is 12.1 Å². The van der Waals surface area contributed by atoms with Gasteiger partial charge in [-0.3, -0.25) is 19.2 Å². The molecule has 0 unspecified atom stereocenters. The van der Waals surface area contributed by atoms with Crippen molar-refractivity contribution in [3.63, 3.8) is 0 Å². The van der Waals surface area contributed by atoms with Gasteiger partial charge in [-0.25, -0.2) is 0 Å². The molecular formula is C18H32N6O7. The minimum atomic E-state index is -1.29. The standard InChI is InChI=1S/C18H32N6O7/c1-12(2)10-14(22-13(3)25)18(29)23-15(11-16(26)27)17(28)20-4-6-30-8-9-31-7-5-21-24-19/h12,14-15H,4-11H2,1-3H3,(H,20,28)(H,22,25)(H,23,29)(H,26,27)/t14-,15-/m0/s1. The third kappa shape index (κ3) is 15.6. The summed E-state index contributed by atoms with van der Waals surface area (Å²) in [5.74, 6) is -2.86. The summed E-state index contributed by atoms with van der Waals surface area (Å²) < 4.78 is 10.4. The Balaban J connectivity index is 4.49. The van der Waals surface area contributed by atoms with E-state index in [2.05, 4.69) is 26.0 Å². The first kappa shape index (κ1) is 28.1. The lowest BCUT2D eigenvalue weighted by molar-refractivity contribution is -0.141. The van der Waals surface area contributed by atoms with Gasteiger partial charge in [0.05, 0.1) is 32.8 Å². The number of rotatable bonds is 17. The molecule has 13 heteroatoms. The van der Waals surface area contributed by atoms with Crippen molar-refractivity contribution in [3.8, 4) is 0 Å². The molecular weight excluding hydrogens is 412 g/mol. The number of azide groups is 1. The molecule has 0 saturated heterocycles. The molecule has 0 rings (SSSR count). The molecule has 0 aliphatic rings. The highest BCUT2D eigenvalue weighted by molar-refractivity contribution is 5.93. The topological polar surface area (TPSA) is 192 Å². The van der Waals surface area contributed by atoms with Gasteiger partial charge in [-0.15, -0.1) is 0 Å². The van der Waals surface area contributed by atoms with Crippen LogP contribution >= 0.6 is 0 Å². The maximum absolute atomic E-state index is 12.5. The van der Waals surface area contributed by atoms with Gasteiger partial charge in [0.25, 0.3) is 0 Å². The number of nitrogens with zero attached hydrogens (tertiary/aromatic N) is 3. The Morgan fingerprint density at radius 2 is 1.65 bits per heavy atom. The fourth-order valence-corrected chi connectivity index (χ4v) is 2.45. The first-order chi connectivity index (χ1) is 14.7. The number of nitrogens with one attached hydrogen (secondary N) is 3. The molecule has 0 aromatic rings. The van der Waals surface area contributed by atoms with E-state index in [1.807, 2.05) is 13.8 Å². The molecule has 0 aromatic carbocycles. The summed E-state index contributed by atoms with van der Waals surface area (Å²) in [4.78, 5) is 49.8. The van der Waals surface area contributed by atoms with Crippen LogP contribution in [-0.4, -0.2) is 80.4 Å². The van der Waals surface area contributed by atoms with Crippen LogP contribution in [0, 0.1) is 5.92 Å². The normalized spacial score (nSPS) is 12.4. The van der Waals surface area contributed by atoms with Gasteiger partial charge in [-0.05, 0) is 17.9 Å². The van der Waals surface area contributed by atoms with Crippen molar-refractivity contribution in [1.29, 1.82) is 0 Å². The fraction of sp³-hybridized carbons (Fsp3) is 0.778. The predicted octanol–water partition coefficient (Wildman–Crippen LogP) is -0.0436. The quantitative estimate of drug-likeness (QED) is 0.105. The molecule has 31 heavy (non-hydrogen) atoms. The van der Waals surface area contributed by atoms with Crippen LogP contribution in [0.2, 0.25) is 0 Å². The van der Waals surface area contributed by atoms with Crippen molar-refractivity contribution in [3.05, 3.63) is 10.4 Å². The number of hydrogen-bond donors (Lipinski definition) is 4. The largest absolute Gasteiger partial charge is 0.481 e. The van der Waals surface area contributed by atoms with Crippen molar-refractivity contribution < 1.29 is 33.8 Å². The molecule has 0 aromatic heterocycles. The van der Waals surface area contributed by atoms with E-state index in [4.69, 9.17) is 20.1 Å². The Hall–Kier alpha value is -2.89. The number of hydrogen-bond acceptors (Lipinski definition) is 7. The lowest BCUT2D eigenvalue weighted by Crippen LogP contribution is -2.54. The number of carbonyl (C=O) groups excluding carboxylic acids is 3. The van der Waals surface area contributed by atoms with Gasteiger partial charge in [-0.1, -0.05) is 19.0 Å². The highest BCUT2D eigenvalue weighted by atomic mass is 16.5. The summed E-state index contributed by atoms with van der Waals surface area (Å²) in [6.07, 6.45) is -0.266. The number of amides is 3. The summed E-state index contributed by atoms with van der Waals surface area (Å²) in [7, 11) is 0. The summed E-state index contributed by atoms with van der Waals surface area (Å²) in [6.45, 7) is 6.31. The zero-order valence-electron chi connectivity index (χ0n) is 18.1. The lowest BCUT2D eigenvalue weighted by Gasteiger charge is -2.23. The van der Waals surface area contributed by atoms with E-state index in [0.717, 1.165) is 0 Å². The van der Waals surface area contributed by atoms with Crippen LogP contribution in [0.5, 0.6) is 0 Å². The van der Waals surface area contributed by atoms with Gasteiger partial charge in [0, 0.05) is 24.9 Å². The minimum Gasteiger partial charge on any atom is -0.481 e. The first-order valence-corrected chi connectivity index (χ1v) is 9.90. The van der Waals surface area contributed by atoms with Crippen LogP contribution in [-0.2, 0) is 28.7 Å². The Bertz CT molecular complexity index is 637. The smallest absolute Gasteiger partial charge is 0.305 e. The van der Waals surface area contributed by atoms with E-state index in [9.17, 15) is 19.2 Å². The Kier molecular flexibility index (Phi) is 15.3. The summed E-state index contributed by atoms with van der Waals surface area (Å²) in [6, 6.07) is -2.17. The molecule has 176 valence electrons. The molecule has 13 nitrogen and oxygen atoms in total. The number of carboxylic acid groups (broad SMARTS) is 1. The van der Waals surface area contributed by atoms with E-state index >= 15 is 0 Å². The lowest BCUT2D eigenvalue weighted by atomic mass is 10.0. The number of aliphatic carboxylic acids is 1. The second-order valence-corrected chi connectivity index (χ2v) is 7.01. The molecule has 0 bridgehead atoms. The van der Waals surface area contributed by atoms with Crippen molar-refractivity contribution in [2.45, 2.75) is 45.7 Å². The fourth-order valence-electron chi connectivity index (χ4n) is 2.45. The van der Waals surface area contributed by atoms with Gasteiger partial charge in [-0.2, -0.15) is 0 Å². The van der Waals surface area contributed by atoms with E-state index in [0.29, 0.717) is 6.42 Å². The molecule has 0 aliphatic carbocycles. The Labute approximate surface area is 180 Å². The average molecular weight is 444 g/mol. The number of ether oxygens (including phenoxy) is 2. The van der Waals surface area contributed by atoms with Gasteiger partial charge >= 0.3 is 5.97 Å². The maximum atomic E-state index is 12.5. The van der Waals surface area contributed by atoms with E-state index in [1.165, 1.54) is 6.92 Å². The van der Waals surface area contributed by atoms with Crippen LogP contribution in [0.3, 0.4) is 0 Å². The second-order valence-electron chi connectivity index (χ2n) is 7.01. The number of carboxylic acids is 1. The van der Waals surface area contributed by atoms with Crippen LogP contribution in [0.1, 0.15) is 33.6 Å². The van der Waals surface area contributed by atoms with E-state index in [-0.39, 0.29) is 45.4 Å².